The summed E-state index contributed by atoms with van der Waals surface area (Å²) in [6.45, 7) is 0. The molecule has 0 fully saturated rings. The standard InChI is InChI=1S/C20H15N3O4/c1-27-19-6-5-13(7-16-8-14(11-21)12-22-20(16)24)9-18(19)15-3-2-4-17(10-15)23(25)26/h2-6,8-10,12H,7H2,1H3,(H,22,24). The average Bonchev–Trinajstić information content (AvgIpc) is 2.69. The van der Waals surface area contributed by atoms with Crippen LogP contribution in [0.5, 0.6) is 5.75 Å². The van der Waals surface area contributed by atoms with Crippen LogP contribution in [0.4, 0.5) is 5.69 Å². The van der Waals surface area contributed by atoms with E-state index in [4.69, 9.17) is 10.00 Å². The zero-order chi connectivity index (χ0) is 19.4. The fourth-order valence-electron chi connectivity index (χ4n) is 2.82. The van der Waals surface area contributed by atoms with Gasteiger partial charge in [-0.15, -0.1) is 0 Å². The number of rotatable bonds is 5. The molecule has 27 heavy (non-hydrogen) atoms. The predicted molar refractivity (Wildman–Crippen MR) is 99.7 cm³/mol. The van der Waals surface area contributed by atoms with Crippen molar-refractivity contribution in [3.8, 4) is 22.9 Å². The Labute approximate surface area is 154 Å². The van der Waals surface area contributed by atoms with Crippen molar-refractivity contribution < 1.29 is 9.66 Å². The number of hydrogen-bond acceptors (Lipinski definition) is 5. The largest absolute Gasteiger partial charge is 0.496 e. The van der Waals surface area contributed by atoms with Gasteiger partial charge in [0.1, 0.15) is 11.8 Å². The van der Waals surface area contributed by atoms with Gasteiger partial charge >= 0.3 is 0 Å². The molecule has 2 aromatic carbocycles. The predicted octanol–water partition coefficient (Wildman–Crippen LogP) is 3.42. The minimum atomic E-state index is -0.452. The van der Waals surface area contributed by atoms with Crippen LogP contribution in [0.15, 0.2) is 59.5 Å². The highest BCUT2D eigenvalue weighted by Crippen LogP contribution is 2.33. The monoisotopic (exact) mass is 361 g/mol. The van der Waals surface area contributed by atoms with E-state index in [0.717, 1.165) is 5.56 Å². The number of benzene rings is 2. The quantitative estimate of drug-likeness (QED) is 0.553. The number of H-pyrrole nitrogens is 1. The van der Waals surface area contributed by atoms with Crippen LogP contribution in [-0.4, -0.2) is 17.0 Å². The molecule has 1 aromatic heterocycles. The maximum absolute atomic E-state index is 12.0. The van der Waals surface area contributed by atoms with Gasteiger partial charge in [0, 0.05) is 35.9 Å². The molecule has 0 spiro atoms. The van der Waals surface area contributed by atoms with Crippen LogP contribution in [0.3, 0.4) is 0 Å². The van der Waals surface area contributed by atoms with E-state index in [1.54, 1.807) is 24.3 Å². The van der Waals surface area contributed by atoms with E-state index in [2.05, 4.69) is 4.98 Å². The van der Waals surface area contributed by atoms with Crippen LogP contribution in [0.1, 0.15) is 16.7 Å². The molecule has 0 amide bonds. The molecule has 7 heteroatoms. The topological polar surface area (TPSA) is 109 Å². The van der Waals surface area contributed by atoms with Crippen molar-refractivity contribution in [2.75, 3.05) is 7.11 Å². The van der Waals surface area contributed by atoms with Crippen molar-refractivity contribution in [1.82, 2.24) is 4.98 Å². The maximum atomic E-state index is 12.0. The van der Waals surface area contributed by atoms with Crippen LogP contribution in [0.2, 0.25) is 0 Å². The molecule has 1 N–H and O–H groups in total. The Kier molecular flexibility index (Phi) is 4.99. The van der Waals surface area contributed by atoms with Gasteiger partial charge in [0.25, 0.3) is 11.2 Å². The summed E-state index contributed by atoms with van der Waals surface area (Å²) < 4.78 is 5.38. The molecular weight excluding hydrogens is 346 g/mol. The van der Waals surface area contributed by atoms with Crippen molar-refractivity contribution in [3.63, 3.8) is 0 Å². The number of nitrogens with zero attached hydrogens (tertiary/aromatic N) is 2. The zero-order valence-electron chi connectivity index (χ0n) is 14.4. The first-order valence-electron chi connectivity index (χ1n) is 8.05. The minimum absolute atomic E-state index is 0.0156. The van der Waals surface area contributed by atoms with Crippen molar-refractivity contribution >= 4 is 5.69 Å². The number of hydrogen-bond donors (Lipinski definition) is 1. The van der Waals surface area contributed by atoms with Crippen molar-refractivity contribution in [2.24, 2.45) is 0 Å². The van der Waals surface area contributed by atoms with Crippen LogP contribution in [-0.2, 0) is 6.42 Å². The Balaban J connectivity index is 2.05. The third-order valence-electron chi connectivity index (χ3n) is 4.14. The number of aromatic nitrogens is 1. The minimum Gasteiger partial charge on any atom is -0.496 e. The second kappa shape index (κ2) is 7.54. The van der Waals surface area contributed by atoms with Gasteiger partial charge in [-0.1, -0.05) is 18.2 Å². The lowest BCUT2D eigenvalue weighted by atomic mass is 9.98. The number of nitro benzene ring substituents is 1. The molecule has 0 atom stereocenters. The molecule has 3 rings (SSSR count). The number of nitrogens with one attached hydrogen (secondary N) is 1. The van der Waals surface area contributed by atoms with Crippen molar-refractivity contribution in [3.05, 3.63) is 91.9 Å². The van der Waals surface area contributed by atoms with E-state index in [9.17, 15) is 14.9 Å². The van der Waals surface area contributed by atoms with Gasteiger partial charge in [-0.05, 0) is 29.3 Å². The van der Waals surface area contributed by atoms with E-state index >= 15 is 0 Å². The summed E-state index contributed by atoms with van der Waals surface area (Å²) in [6, 6.07) is 15.2. The number of nitriles is 1. The maximum Gasteiger partial charge on any atom is 0.270 e. The Morgan fingerprint density at radius 2 is 2.04 bits per heavy atom. The first-order valence-corrected chi connectivity index (χ1v) is 8.05. The molecule has 0 saturated carbocycles. The second-order valence-electron chi connectivity index (χ2n) is 5.87. The molecule has 1 heterocycles. The molecule has 0 aliphatic carbocycles. The smallest absolute Gasteiger partial charge is 0.270 e. The third-order valence-corrected chi connectivity index (χ3v) is 4.14. The second-order valence-corrected chi connectivity index (χ2v) is 5.87. The summed E-state index contributed by atoms with van der Waals surface area (Å²) >= 11 is 0. The van der Waals surface area contributed by atoms with Crippen molar-refractivity contribution in [2.45, 2.75) is 6.42 Å². The number of methoxy groups -OCH3 is 1. The Bertz CT molecular complexity index is 1110. The number of ether oxygens (including phenoxy) is 1. The van der Waals surface area contributed by atoms with E-state index in [1.165, 1.54) is 25.4 Å². The van der Waals surface area contributed by atoms with E-state index in [0.29, 0.717) is 34.4 Å². The highest BCUT2D eigenvalue weighted by Gasteiger charge is 2.13. The SMILES string of the molecule is COc1ccc(Cc2cc(C#N)c[nH]c2=O)cc1-c1cccc([N+](=O)[O-])c1. The van der Waals surface area contributed by atoms with Gasteiger partial charge in [-0.3, -0.25) is 14.9 Å². The van der Waals surface area contributed by atoms with Crippen LogP contribution in [0, 0.1) is 21.4 Å². The highest BCUT2D eigenvalue weighted by atomic mass is 16.6. The first-order chi connectivity index (χ1) is 13.0. The summed E-state index contributed by atoms with van der Waals surface area (Å²) in [5.41, 5.74) is 2.70. The third kappa shape index (κ3) is 3.85. The molecule has 134 valence electrons. The molecule has 0 aliphatic heterocycles. The number of nitro groups is 1. The summed E-state index contributed by atoms with van der Waals surface area (Å²) in [6.07, 6.45) is 1.69. The summed E-state index contributed by atoms with van der Waals surface area (Å²) in [7, 11) is 1.52. The number of aromatic amines is 1. The fraction of sp³-hybridized carbons (Fsp3) is 0.100. The van der Waals surface area contributed by atoms with E-state index in [1.807, 2.05) is 18.2 Å². The Morgan fingerprint density at radius 1 is 1.22 bits per heavy atom. The summed E-state index contributed by atoms with van der Waals surface area (Å²) in [5, 5.41) is 20.1. The Morgan fingerprint density at radius 3 is 2.74 bits per heavy atom. The molecule has 0 aliphatic rings. The van der Waals surface area contributed by atoms with Crippen LogP contribution >= 0.6 is 0 Å². The van der Waals surface area contributed by atoms with Gasteiger partial charge in [-0.2, -0.15) is 5.26 Å². The van der Waals surface area contributed by atoms with Crippen molar-refractivity contribution in [1.29, 1.82) is 5.26 Å². The average molecular weight is 361 g/mol. The summed E-state index contributed by atoms with van der Waals surface area (Å²) in [4.78, 5) is 25.2. The van der Waals surface area contributed by atoms with E-state index in [-0.39, 0.29) is 11.2 Å². The lowest BCUT2D eigenvalue weighted by Gasteiger charge is -2.11. The van der Waals surface area contributed by atoms with Crippen LogP contribution in [0.25, 0.3) is 11.1 Å². The van der Waals surface area contributed by atoms with Gasteiger partial charge in [0.05, 0.1) is 17.6 Å². The van der Waals surface area contributed by atoms with Gasteiger partial charge in [-0.25, -0.2) is 0 Å². The van der Waals surface area contributed by atoms with E-state index < -0.39 is 4.92 Å². The fourth-order valence-corrected chi connectivity index (χ4v) is 2.82. The lowest BCUT2D eigenvalue weighted by molar-refractivity contribution is -0.384. The normalized spacial score (nSPS) is 10.2. The molecule has 0 bridgehead atoms. The van der Waals surface area contributed by atoms with Gasteiger partial charge in [0.2, 0.25) is 0 Å². The van der Waals surface area contributed by atoms with Crippen LogP contribution < -0.4 is 10.3 Å². The zero-order valence-corrected chi connectivity index (χ0v) is 14.4. The molecule has 0 radical (unpaired) electrons. The lowest BCUT2D eigenvalue weighted by Crippen LogP contribution is -2.12. The van der Waals surface area contributed by atoms with Gasteiger partial charge in [0.15, 0.2) is 0 Å². The molecular formula is C20H15N3O4. The molecule has 0 saturated heterocycles. The number of pyridine rings is 1. The highest BCUT2D eigenvalue weighted by molar-refractivity contribution is 5.73. The Hall–Kier alpha value is -3.92. The molecule has 7 nitrogen and oxygen atoms in total. The molecule has 3 aromatic rings. The first kappa shape index (κ1) is 17.9. The van der Waals surface area contributed by atoms with Gasteiger partial charge < -0.3 is 9.72 Å². The molecule has 0 unspecified atom stereocenters. The number of non-ortho nitro benzene ring substituents is 1. The summed E-state index contributed by atoms with van der Waals surface area (Å²) in [5.74, 6) is 0.568.